The standard InChI is InChI=1S/C16H16N6O2/c17-9-16(18,14(23)10-1-5-12(21-19)6-2-10)15(24)11-3-7-13(22-20)8-4-11/h1-5,7H,6,8-9,17-18H2. The zero-order valence-electron chi connectivity index (χ0n) is 12.8. The highest BCUT2D eigenvalue weighted by atomic mass is 16.2. The van der Waals surface area contributed by atoms with E-state index in [4.69, 9.17) is 22.5 Å². The maximum absolute atomic E-state index is 12.7. The van der Waals surface area contributed by atoms with Crippen LogP contribution in [-0.2, 0) is 9.59 Å². The molecule has 8 heteroatoms. The van der Waals surface area contributed by atoms with Gasteiger partial charge in [-0.3, -0.25) is 9.59 Å². The summed E-state index contributed by atoms with van der Waals surface area (Å²) in [5.74, 6) is -1.20. The summed E-state index contributed by atoms with van der Waals surface area (Å²) in [6.07, 6.45) is 9.38. The molecule has 0 saturated heterocycles. The molecule has 0 aromatic heterocycles. The van der Waals surface area contributed by atoms with Crippen molar-refractivity contribution in [3.63, 3.8) is 0 Å². The van der Waals surface area contributed by atoms with E-state index in [1.54, 1.807) is 0 Å². The van der Waals surface area contributed by atoms with Gasteiger partial charge < -0.3 is 22.5 Å². The number of hydrogen-bond donors (Lipinski definition) is 2. The molecule has 0 radical (unpaired) electrons. The van der Waals surface area contributed by atoms with Gasteiger partial charge >= 0.3 is 0 Å². The highest BCUT2D eigenvalue weighted by molar-refractivity contribution is 6.25. The molecule has 0 unspecified atom stereocenters. The average molecular weight is 324 g/mol. The summed E-state index contributed by atoms with van der Waals surface area (Å²) in [6.45, 7) is -0.358. The lowest BCUT2D eigenvalue weighted by Crippen LogP contribution is -2.61. The Morgan fingerprint density at radius 1 is 0.958 bits per heavy atom. The van der Waals surface area contributed by atoms with Crippen molar-refractivity contribution >= 4 is 23.0 Å². The van der Waals surface area contributed by atoms with Gasteiger partial charge in [-0.25, -0.2) is 0 Å². The van der Waals surface area contributed by atoms with E-state index in [9.17, 15) is 9.59 Å². The molecule has 24 heavy (non-hydrogen) atoms. The summed E-state index contributed by atoms with van der Waals surface area (Å²) in [7, 11) is 0. The third-order valence-electron chi connectivity index (χ3n) is 3.89. The number of nitrogens with zero attached hydrogens (tertiary/aromatic N) is 4. The summed E-state index contributed by atoms with van der Waals surface area (Å²) < 4.78 is 0. The van der Waals surface area contributed by atoms with Gasteiger partial charge in [-0.15, -0.1) is 0 Å². The molecule has 4 N–H and O–H groups in total. The van der Waals surface area contributed by atoms with Crippen molar-refractivity contribution in [2.24, 2.45) is 11.5 Å². The van der Waals surface area contributed by atoms with Crippen LogP contribution in [0.25, 0.3) is 11.1 Å². The Balaban J connectivity index is 2.28. The monoisotopic (exact) mass is 324 g/mol. The molecule has 0 bridgehead atoms. The van der Waals surface area contributed by atoms with Gasteiger partial charge in [0.05, 0.1) is 12.8 Å². The van der Waals surface area contributed by atoms with Crippen LogP contribution >= 0.6 is 0 Å². The summed E-state index contributed by atoms with van der Waals surface area (Å²) in [6, 6.07) is 0. The second kappa shape index (κ2) is 7.04. The zero-order valence-corrected chi connectivity index (χ0v) is 12.8. The molecule has 0 heterocycles. The first-order valence-electron chi connectivity index (χ1n) is 7.23. The van der Waals surface area contributed by atoms with Crippen LogP contribution in [0.2, 0.25) is 0 Å². The fourth-order valence-electron chi connectivity index (χ4n) is 2.36. The van der Waals surface area contributed by atoms with Crippen LogP contribution in [0.5, 0.6) is 0 Å². The molecule has 0 spiro atoms. The number of allylic oxidation sites excluding steroid dienone is 6. The third-order valence-corrected chi connectivity index (χ3v) is 3.89. The smallest absolute Gasteiger partial charge is 0.295 e. The van der Waals surface area contributed by atoms with E-state index in [0.29, 0.717) is 11.4 Å². The van der Waals surface area contributed by atoms with Crippen LogP contribution < -0.4 is 11.5 Å². The molecule has 0 atom stereocenters. The molecule has 0 aromatic carbocycles. The van der Waals surface area contributed by atoms with Crippen molar-refractivity contribution < 1.29 is 19.2 Å². The normalized spacial score (nSPS) is 18.9. The van der Waals surface area contributed by atoms with Gasteiger partial charge in [0.25, 0.3) is 11.4 Å². The molecule has 2 aliphatic carbocycles. The van der Waals surface area contributed by atoms with Crippen LogP contribution in [0.15, 0.2) is 47.6 Å². The van der Waals surface area contributed by atoms with Gasteiger partial charge in [0.1, 0.15) is 0 Å². The van der Waals surface area contributed by atoms with Crippen molar-refractivity contribution in [2.75, 3.05) is 6.54 Å². The molecule has 0 amide bonds. The Bertz CT molecular complexity index is 754. The van der Waals surface area contributed by atoms with Crippen LogP contribution in [0.4, 0.5) is 0 Å². The number of carbonyl (C=O) groups excluding carboxylic acids is 2. The first-order chi connectivity index (χ1) is 11.5. The van der Waals surface area contributed by atoms with E-state index in [-0.39, 0.29) is 30.5 Å². The van der Waals surface area contributed by atoms with Crippen LogP contribution in [0.3, 0.4) is 0 Å². The summed E-state index contributed by atoms with van der Waals surface area (Å²) in [4.78, 5) is 31.5. The Kier molecular flexibility index (Phi) is 5.08. The molecule has 8 nitrogen and oxygen atoms in total. The van der Waals surface area contributed by atoms with E-state index in [1.807, 2.05) is 0 Å². The fraction of sp³-hybridized carbons (Fsp3) is 0.250. The van der Waals surface area contributed by atoms with Gasteiger partial charge in [0.15, 0.2) is 17.1 Å². The Morgan fingerprint density at radius 3 is 1.62 bits per heavy atom. The lowest BCUT2D eigenvalue weighted by atomic mass is 9.80. The number of rotatable bonds is 5. The van der Waals surface area contributed by atoms with E-state index < -0.39 is 17.1 Å². The van der Waals surface area contributed by atoms with Crippen molar-refractivity contribution in [3.8, 4) is 0 Å². The highest BCUT2D eigenvalue weighted by Crippen LogP contribution is 2.21. The predicted molar refractivity (Wildman–Crippen MR) is 86.9 cm³/mol. The van der Waals surface area contributed by atoms with Crippen LogP contribution in [0.1, 0.15) is 12.8 Å². The van der Waals surface area contributed by atoms with Crippen molar-refractivity contribution in [3.05, 3.63) is 58.7 Å². The van der Waals surface area contributed by atoms with Crippen molar-refractivity contribution in [1.29, 1.82) is 0 Å². The molecule has 122 valence electrons. The SMILES string of the molecule is [N-]=[N+]=C1C=CC(C(=O)C(N)(CN)C(=O)C2=CCC(=[N+]=[N-])C=C2)=CC1. The Hall–Kier alpha value is -3.02. The number of carbonyl (C=O) groups is 2. The minimum Gasteiger partial charge on any atom is -0.361 e. The number of hydrogen-bond acceptors (Lipinski definition) is 4. The second-order valence-electron chi connectivity index (χ2n) is 5.41. The quantitative estimate of drug-likeness (QED) is 0.410. The first kappa shape index (κ1) is 17.3. The number of Topliss-reactive ketones (excluding diaryl/α,β-unsaturated/α-hetero) is 2. The van der Waals surface area contributed by atoms with E-state index in [2.05, 4.69) is 9.58 Å². The van der Waals surface area contributed by atoms with E-state index in [0.717, 1.165) is 0 Å². The summed E-state index contributed by atoms with van der Waals surface area (Å²) in [5.41, 5.74) is 28.4. The highest BCUT2D eigenvalue weighted by Gasteiger charge is 2.43. The predicted octanol–water partition coefficient (Wildman–Crippen LogP) is -0.105. The molecule has 0 aliphatic heterocycles. The minimum atomic E-state index is -1.89. The molecule has 2 rings (SSSR count). The molecular formula is C16H16N6O2. The number of ketones is 2. The maximum atomic E-state index is 12.7. The number of nitrogens with two attached hydrogens (primary N) is 2. The van der Waals surface area contributed by atoms with E-state index in [1.165, 1.54) is 36.5 Å². The molecular weight excluding hydrogens is 308 g/mol. The molecule has 0 fully saturated rings. The average Bonchev–Trinajstić information content (AvgIpc) is 2.66. The van der Waals surface area contributed by atoms with Gasteiger partial charge in [-0.05, 0) is 12.2 Å². The Morgan fingerprint density at radius 2 is 1.38 bits per heavy atom. The maximum Gasteiger partial charge on any atom is 0.295 e. The van der Waals surface area contributed by atoms with Gasteiger partial charge in [0.2, 0.25) is 0 Å². The van der Waals surface area contributed by atoms with E-state index >= 15 is 0 Å². The largest absolute Gasteiger partial charge is 0.361 e. The first-order valence-corrected chi connectivity index (χ1v) is 7.23. The van der Waals surface area contributed by atoms with Crippen molar-refractivity contribution in [1.82, 2.24) is 0 Å². The summed E-state index contributed by atoms with van der Waals surface area (Å²) in [5, 5.41) is 0. The van der Waals surface area contributed by atoms with Gasteiger partial charge in [-0.2, -0.15) is 9.58 Å². The van der Waals surface area contributed by atoms with Crippen LogP contribution in [-0.4, -0.2) is 44.7 Å². The lowest BCUT2D eigenvalue weighted by molar-refractivity contribution is -0.129. The zero-order chi connectivity index (χ0) is 17.7. The van der Waals surface area contributed by atoms with Gasteiger partial charge in [0, 0.05) is 29.8 Å². The Labute approximate surface area is 138 Å². The lowest BCUT2D eigenvalue weighted by Gasteiger charge is -2.26. The molecule has 2 aliphatic rings. The molecule has 0 saturated carbocycles. The topological polar surface area (TPSA) is 159 Å². The van der Waals surface area contributed by atoms with Crippen molar-refractivity contribution in [2.45, 2.75) is 18.4 Å². The minimum absolute atomic E-state index is 0.238. The fourth-order valence-corrected chi connectivity index (χ4v) is 2.36. The second-order valence-corrected chi connectivity index (χ2v) is 5.41. The molecule has 0 aromatic rings. The van der Waals surface area contributed by atoms with Crippen LogP contribution in [0, 0.1) is 0 Å². The third kappa shape index (κ3) is 3.17. The summed E-state index contributed by atoms with van der Waals surface area (Å²) >= 11 is 0. The van der Waals surface area contributed by atoms with Gasteiger partial charge in [-0.1, -0.05) is 12.2 Å².